The zero-order valence-electron chi connectivity index (χ0n) is 8.82. The van der Waals surface area contributed by atoms with Gasteiger partial charge in [-0.15, -0.1) is 0 Å². The fourth-order valence-corrected chi connectivity index (χ4v) is 2.38. The first-order valence-electron chi connectivity index (χ1n) is 5.19. The van der Waals surface area contributed by atoms with Gasteiger partial charge in [0.25, 0.3) is 0 Å². The zero-order chi connectivity index (χ0) is 10.8. The molecule has 0 saturated carbocycles. The summed E-state index contributed by atoms with van der Waals surface area (Å²) in [4.78, 5) is 0. The third-order valence-corrected chi connectivity index (χ3v) is 3.19. The van der Waals surface area contributed by atoms with Crippen molar-refractivity contribution in [2.45, 2.75) is 18.9 Å². The molecule has 0 aromatic carbocycles. The molecule has 0 radical (unpaired) electrons. The van der Waals surface area contributed by atoms with Crippen LogP contribution in [-0.2, 0) is 11.8 Å². The monoisotopic (exact) mass is 229 g/mol. The summed E-state index contributed by atoms with van der Waals surface area (Å²) >= 11 is 6.03. The minimum Gasteiger partial charge on any atom is -0.381 e. The van der Waals surface area contributed by atoms with Crippen molar-refractivity contribution in [2.75, 3.05) is 13.2 Å². The van der Waals surface area contributed by atoms with Crippen molar-refractivity contribution in [3.05, 3.63) is 16.9 Å². The van der Waals surface area contributed by atoms with Crippen molar-refractivity contribution >= 4 is 11.6 Å². The molecule has 1 aliphatic heterocycles. The average Bonchev–Trinajstić information content (AvgIpc) is 2.77. The lowest BCUT2D eigenvalue weighted by Crippen LogP contribution is -2.19. The minimum absolute atomic E-state index is 0.0447. The molecule has 4 nitrogen and oxygen atoms in total. The molecular weight excluding hydrogens is 214 g/mol. The lowest BCUT2D eigenvalue weighted by atomic mass is 9.98. The van der Waals surface area contributed by atoms with Gasteiger partial charge in [0.05, 0.1) is 16.9 Å². The molecule has 15 heavy (non-hydrogen) atoms. The van der Waals surface area contributed by atoms with Crippen molar-refractivity contribution in [1.82, 2.24) is 9.78 Å². The van der Waals surface area contributed by atoms with E-state index in [1.807, 2.05) is 7.05 Å². The predicted molar refractivity (Wildman–Crippen MR) is 58.7 cm³/mol. The Morgan fingerprint density at radius 3 is 3.13 bits per heavy atom. The van der Waals surface area contributed by atoms with Crippen LogP contribution in [0.1, 0.15) is 24.6 Å². The van der Waals surface area contributed by atoms with Gasteiger partial charge in [0, 0.05) is 26.3 Å². The van der Waals surface area contributed by atoms with E-state index in [1.165, 1.54) is 0 Å². The molecule has 0 amide bonds. The van der Waals surface area contributed by atoms with Crippen LogP contribution in [0, 0.1) is 5.92 Å². The van der Waals surface area contributed by atoms with Crippen LogP contribution in [0.25, 0.3) is 0 Å². The number of rotatable bonds is 3. The third kappa shape index (κ3) is 2.33. The largest absolute Gasteiger partial charge is 0.381 e. The maximum atomic E-state index is 6.12. The molecule has 2 atom stereocenters. The summed E-state index contributed by atoms with van der Waals surface area (Å²) in [5.41, 5.74) is 7.04. The number of nitrogens with two attached hydrogens (primary N) is 1. The highest BCUT2D eigenvalue weighted by Gasteiger charge is 2.22. The number of halogens is 1. The standard InChI is InChI=1S/C10H16ClN3O/c1-14-10(8(11)5-13-14)9(12)4-7-2-3-15-6-7/h5,7,9H,2-4,6,12H2,1H3. The Kier molecular flexibility index (Phi) is 3.29. The maximum absolute atomic E-state index is 6.12. The SMILES string of the molecule is Cn1ncc(Cl)c1C(N)CC1CCOC1. The molecule has 1 aromatic rings. The summed E-state index contributed by atoms with van der Waals surface area (Å²) in [6.07, 6.45) is 3.66. The highest BCUT2D eigenvalue weighted by Crippen LogP contribution is 2.28. The molecule has 84 valence electrons. The number of aromatic nitrogens is 2. The average molecular weight is 230 g/mol. The summed E-state index contributed by atoms with van der Waals surface area (Å²) in [6.45, 7) is 1.68. The predicted octanol–water partition coefficient (Wildman–Crippen LogP) is 1.50. The molecular formula is C10H16ClN3O. The molecule has 0 aliphatic carbocycles. The van der Waals surface area contributed by atoms with E-state index in [0.29, 0.717) is 10.9 Å². The summed E-state index contributed by atoms with van der Waals surface area (Å²) in [5, 5.41) is 4.74. The minimum atomic E-state index is -0.0447. The van der Waals surface area contributed by atoms with Crippen LogP contribution in [0.3, 0.4) is 0 Å². The van der Waals surface area contributed by atoms with Crippen molar-refractivity contribution < 1.29 is 4.74 Å². The molecule has 1 aromatic heterocycles. The molecule has 2 rings (SSSR count). The van der Waals surface area contributed by atoms with Crippen LogP contribution in [0.5, 0.6) is 0 Å². The van der Waals surface area contributed by atoms with Crippen LogP contribution in [0.15, 0.2) is 6.20 Å². The smallest absolute Gasteiger partial charge is 0.0833 e. The summed E-state index contributed by atoms with van der Waals surface area (Å²) in [5.74, 6) is 0.561. The second-order valence-corrected chi connectivity index (χ2v) is 4.48. The van der Waals surface area contributed by atoms with E-state index in [-0.39, 0.29) is 6.04 Å². The van der Waals surface area contributed by atoms with Crippen LogP contribution in [0.4, 0.5) is 0 Å². The van der Waals surface area contributed by atoms with Gasteiger partial charge in [-0.25, -0.2) is 0 Å². The van der Waals surface area contributed by atoms with E-state index < -0.39 is 0 Å². The van der Waals surface area contributed by atoms with E-state index >= 15 is 0 Å². The molecule has 0 bridgehead atoms. The Balaban J connectivity index is 2.03. The van der Waals surface area contributed by atoms with Gasteiger partial charge >= 0.3 is 0 Å². The third-order valence-electron chi connectivity index (χ3n) is 2.90. The first-order valence-corrected chi connectivity index (χ1v) is 5.57. The molecule has 1 aliphatic rings. The lowest BCUT2D eigenvalue weighted by Gasteiger charge is -2.16. The topological polar surface area (TPSA) is 53.1 Å². The normalized spacial score (nSPS) is 23.3. The number of aryl methyl sites for hydroxylation is 1. The number of hydrogen-bond acceptors (Lipinski definition) is 3. The first-order chi connectivity index (χ1) is 7.18. The quantitative estimate of drug-likeness (QED) is 0.855. The number of hydrogen-bond donors (Lipinski definition) is 1. The van der Waals surface area contributed by atoms with Gasteiger partial charge in [0.15, 0.2) is 0 Å². The van der Waals surface area contributed by atoms with Crippen LogP contribution >= 0.6 is 11.6 Å². The van der Waals surface area contributed by atoms with Gasteiger partial charge in [0.2, 0.25) is 0 Å². The molecule has 1 saturated heterocycles. The van der Waals surface area contributed by atoms with E-state index in [9.17, 15) is 0 Å². The fourth-order valence-electron chi connectivity index (χ4n) is 2.08. The molecule has 1 fully saturated rings. The molecule has 5 heteroatoms. The Morgan fingerprint density at radius 1 is 1.80 bits per heavy atom. The Morgan fingerprint density at radius 2 is 2.60 bits per heavy atom. The van der Waals surface area contributed by atoms with Gasteiger partial charge in [-0.1, -0.05) is 11.6 Å². The summed E-state index contributed by atoms with van der Waals surface area (Å²) in [7, 11) is 1.87. The molecule has 2 heterocycles. The summed E-state index contributed by atoms with van der Waals surface area (Å²) in [6, 6.07) is -0.0447. The zero-order valence-corrected chi connectivity index (χ0v) is 9.57. The Labute approximate surface area is 94.3 Å². The van der Waals surface area contributed by atoms with Crippen molar-refractivity contribution in [3.8, 4) is 0 Å². The van der Waals surface area contributed by atoms with Crippen molar-refractivity contribution in [1.29, 1.82) is 0 Å². The highest BCUT2D eigenvalue weighted by atomic mass is 35.5. The van der Waals surface area contributed by atoms with E-state index in [0.717, 1.165) is 31.7 Å². The molecule has 0 spiro atoms. The van der Waals surface area contributed by atoms with E-state index in [1.54, 1.807) is 10.9 Å². The Hall–Kier alpha value is -0.580. The molecule has 2 unspecified atom stereocenters. The fraction of sp³-hybridized carbons (Fsp3) is 0.700. The maximum Gasteiger partial charge on any atom is 0.0833 e. The van der Waals surface area contributed by atoms with E-state index in [2.05, 4.69) is 5.10 Å². The van der Waals surface area contributed by atoms with Crippen LogP contribution in [0.2, 0.25) is 5.02 Å². The molecule has 2 N–H and O–H groups in total. The van der Waals surface area contributed by atoms with E-state index in [4.69, 9.17) is 22.1 Å². The second-order valence-electron chi connectivity index (χ2n) is 4.07. The number of ether oxygens (including phenoxy) is 1. The van der Waals surface area contributed by atoms with Gasteiger partial charge in [-0.3, -0.25) is 4.68 Å². The number of nitrogens with zero attached hydrogens (tertiary/aromatic N) is 2. The first kappa shape index (κ1) is 10.9. The van der Waals surface area contributed by atoms with Crippen LogP contribution < -0.4 is 5.73 Å². The second kappa shape index (κ2) is 4.51. The van der Waals surface area contributed by atoms with Crippen molar-refractivity contribution in [3.63, 3.8) is 0 Å². The van der Waals surface area contributed by atoms with Crippen LogP contribution in [-0.4, -0.2) is 23.0 Å². The van der Waals surface area contributed by atoms with Crippen molar-refractivity contribution in [2.24, 2.45) is 18.7 Å². The Bertz CT molecular complexity index is 314. The van der Waals surface area contributed by atoms with Gasteiger partial charge in [-0.05, 0) is 18.8 Å². The van der Waals surface area contributed by atoms with Gasteiger partial charge < -0.3 is 10.5 Å². The van der Waals surface area contributed by atoms with Gasteiger partial charge in [0.1, 0.15) is 0 Å². The lowest BCUT2D eigenvalue weighted by molar-refractivity contribution is 0.182. The highest BCUT2D eigenvalue weighted by molar-refractivity contribution is 6.31. The summed E-state index contributed by atoms with van der Waals surface area (Å²) < 4.78 is 7.08. The van der Waals surface area contributed by atoms with Gasteiger partial charge in [-0.2, -0.15) is 5.10 Å².